The summed E-state index contributed by atoms with van der Waals surface area (Å²) in [6.45, 7) is 0.418. The SMILES string of the molecule is NC(=O)CCC(NCCCO)C(=O)O. The van der Waals surface area contributed by atoms with E-state index in [1.807, 2.05) is 0 Å². The number of primary amides is 1. The first-order chi connectivity index (χ1) is 6.57. The third kappa shape index (κ3) is 6.38. The van der Waals surface area contributed by atoms with E-state index in [1.165, 1.54) is 0 Å². The lowest BCUT2D eigenvalue weighted by molar-refractivity contribution is -0.139. The van der Waals surface area contributed by atoms with Gasteiger partial charge in [-0.25, -0.2) is 0 Å². The molecule has 14 heavy (non-hydrogen) atoms. The van der Waals surface area contributed by atoms with Gasteiger partial charge in [0.05, 0.1) is 0 Å². The summed E-state index contributed by atoms with van der Waals surface area (Å²) in [5, 5.41) is 19.9. The highest BCUT2D eigenvalue weighted by Gasteiger charge is 2.16. The van der Waals surface area contributed by atoms with Crippen LogP contribution in [0.4, 0.5) is 0 Å². The van der Waals surface area contributed by atoms with Crippen LogP contribution in [0.15, 0.2) is 0 Å². The maximum Gasteiger partial charge on any atom is 0.320 e. The molecule has 0 aliphatic heterocycles. The minimum atomic E-state index is -1.01. The molecule has 0 aliphatic carbocycles. The predicted molar refractivity (Wildman–Crippen MR) is 49.6 cm³/mol. The van der Waals surface area contributed by atoms with Crippen LogP contribution in [0.2, 0.25) is 0 Å². The molecular formula is C8H16N2O4. The molecule has 6 heteroatoms. The lowest BCUT2D eigenvalue weighted by atomic mass is 10.1. The van der Waals surface area contributed by atoms with E-state index in [9.17, 15) is 9.59 Å². The molecule has 0 aromatic heterocycles. The van der Waals surface area contributed by atoms with E-state index in [-0.39, 0.29) is 19.4 Å². The van der Waals surface area contributed by atoms with E-state index >= 15 is 0 Å². The maximum absolute atomic E-state index is 10.6. The fourth-order valence-electron chi connectivity index (χ4n) is 0.955. The number of amides is 1. The van der Waals surface area contributed by atoms with Crippen LogP contribution in [0.25, 0.3) is 0 Å². The van der Waals surface area contributed by atoms with Gasteiger partial charge in [-0.15, -0.1) is 0 Å². The zero-order valence-corrected chi connectivity index (χ0v) is 7.90. The van der Waals surface area contributed by atoms with E-state index in [2.05, 4.69) is 5.32 Å². The van der Waals surface area contributed by atoms with E-state index in [0.717, 1.165) is 0 Å². The van der Waals surface area contributed by atoms with Crippen LogP contribution in [0, 0.1) is 0 Å². The molecule has 0 saturated carbocycles. The monoisotopic (exact) mass is 204 g/mol. The standard InChI is InChI=1S/C8H16N2O4/c9-7(12)3-2-6(8(13)14)10-4-1-5-11/h6,10-11H,1-5H2,(H2,9,12)(H,13,14). The number of aliphatic hydroxyl groups is 1. The van der Waals surface area contributed by atoms with Crippen molar-refractivity contribution < 1.29 is 19.8 Å². The molecule has 6 nitrogen and oxygen atoms in total. The summed E-state index contributed by atoms with van der Waals surface area (Å²) >= 11 is 0. The van der Waals surface area contributed by atoms with E-state index < -0.39 is 17.9 Å². The minimum absolute atomic E-state index is 0.00909. The van der Waals surface area contributed by atoms with Gasteiger partial charge < -0.3 is 21.3 Å². The summed E-state index contributed by atoms with van der Waals surface area (Å²) in [4.78, 5) is 21.0. The summed E-state index contributed by atoms with van der Waals surface area (Å²) in [6.07, 6.45) is 0.708. The summed E-state index contributed by atoms with van der Waals surface area (Å²) in [6, 6.07) is -0.769. The second-order valence-electron chi connectivity index (χ2n) is 2.93. The van der Waals surface area contributed by atoms with E-state index in [1.54, 1.807) is 0 Å². The zero-order valence-electron chi connectivity index (χ0n) is 7.90. The number of carboxylic acid groups (broad SMARTS) is 1. The maximum atomic E-state index is 10.6. The molecule has 1 amide bonds. The number of nitrogens with two attached hydrogens (primary N) is 1. The molecule has 0 spiro atoms. The Morgan fingerprint density at radius 1 is 1.43 bits per heavy atom. The van der Waals surface area contributed by atoms with Gasteiger partial charge in [0, 0.05) is 13.0 Å². The fraction of sp³-hybridized carbons (Fsp3) is 0.750. The van der Waals surface area contributed by atoms with Gasteiger partial charge in [-0.1, -0.05) is 0 Å². The largest absolute Gasteiger partial charge is 0.480 e. The highest BCUT2D eigenvalue weighted by molar-refractivity contribution is 5.77. The van der Waals surface area contributed by atoms with Crippen molar-refractivity contribution in [1.29, 1.82) is 0 Å². The van der Waals surface area contributed by atoms with Crippen LogP contribution in [-0.4, -0.2) is 41.3 Å². The topological polar surface area (TPSA) is 113 Å². The third-order valence-corrected chi connectivity index (χ3v) is 1.70. The molecule has 0 fully saturated rings. The lowest BCUT2D eigenvalue weighted by Crippen LogP contribution is -2.38. The fourth-order valence-corrected chi connectivity index (χ4v) is 0.955. The predicted octanol–water partition coefficient (Wildman–Crippen LogP) is -1.32. The lowest BCUT2D eigenvalue weighted by Gasteiger charge is -2.12. The molecule has 0 bridgehead atoms. The molecule has 0 radical (unpaired) electrons. The first kappa shape index (κ1) is 12.9. The van der Waals surface area contributed by atoms with Crippen molar-refractivity contribution in [2.24, 2.45) is 5.73 Å². The van der Waals surface area contributed by atoms with Gasteiger partial charge >= 0.3 is 5.97 Å². The Labute approximate surface area is 82.1 Å². The summed E-state index contributed by atoms with van der Waals surface area (Å²) in [5.41, 5.74) is 4.90. The Balaban J connectivity index is 3.78. The number of carbonyl (C=O) groups excluding carboxylic acids is 1. The number of aliphatic carboxylic acids is 1. The first-order valence-corrected chi connectivity index (χ1v) is 4.43. The minimum Gasteiger partial charge on any atom is -0.480 e. The van der Waals surface area contributed by atoms with Crippen LogP contribution in [0.3, 0.4) is 0 Å². The Kier molecular flexibility index (Phi) is 6.69. The molecular weight excluding hydrogens is 188 g/mol. The molecule has 5 N–H and O–H groups in total. The van der Waals surface area contributed by atoms with Crippen molar-refractivity contribution in [3.8, 4) is 0 Å². The van der Waals surface area contributed by atoms with Crippen LogP contribution in [0.1, 0.15) is 19.3 Å². The molecule has 0 saturated heterocycles. The number of carboxylic acids is 1. The number of hydrogen-bond donors (Lipinski definition) is 4. The Morgan fingerprint density at radius 2 is 2.07 bits per heavy atom. The van der Waals surface area contributed by atoms with Crippen molar-refractivity contribution in [2.45, 2.75) is 25.3 Å². The van der Waals surface area contributed by atoms with Gasteiger partial charge in [0.25, 0.3) is 0 Å². The van der Waals surface area contributed by atoms with Gasteiger partial charge in [0.2, 0.25) is 5.91 Å². The van der Waals surface area contributed by atoms with Gasteiger partial charge in [0.15, 0.2) is 0 Å². The Bertz CT molecular complexity index is 196. The number of carbonyl (C=O) groups is 2. The number of hydrogen-bond acceptors (Lipinski definition) is 4. The smallest absolute Gasteiger partial charge is 0.320 e. The normalized spacial score (nSPS) is 12.4. The number of nitrogens with one attached hydrogen (secondary N) is 1. The average molecular weight is 204 g/mol. The molecule has 1 atom stereocenters. The highest BCUT2D eigenvalue weighted by Crippen LogP contribution is 1.97. The van der Waals surface area contributed by atoms with Gasteiger partial charge in [-0.3, -0.25) is 9.59 Å². The molecule has 82 valence electrons. The van der Waals surface area contributed by atoms with Crippen molar-refractivity contribution in [3.63, 3.8) is 0 Å². The van der Waals surface area contributed by atoms with E-state index in [0.29, 0.717) is 13.0 Å². The summed E-state index contributed by atoms with van der Waals surface area (Å²) in [7, 11) is 0. The van der Waals surface area contributed by atoms with Gasteiger partial charge in [0.1, 0.15) is 6.04 Å². The van der Waals surface area contributed by atoms with Gasteiger partial charge in [-0.2, -0.15) is 0 Å². The zero-order chi connectivity index (χ0) is 11.0. The highest BCUT2D eigenvalue weighted by atomic mass is 16.4. The van der Waals surface area contributed by atoms with Crippen LogP contribution < -0.4 is 11.1 Å². The molecule has 0 aromatic rings. The number of aliphatic hydroxyl groups excluding tert-OH is 1. The average Bonchev–Trinajstić information content (AvgIpc) is 2.10. The van der Waals surface area contributed by atoms with Gasteiger partial charge in [-0.05, 0) is 19.4 Å². The molecule has 0 heterocycles. The van der Waals surface area contributed by atoms with E-state index in [4.69, 9.17) is 15.9 Å². The second kappa shape index (κ2) is 7.28. The third-order valence-electron chi connectivity index (χ3n) is 1.70. The van der Waals surface area contributed by atoms with Crippen molar-refractivity contribution in [2.75, 3.05) is 13.2 Å². The summed E-state index contributed by atoms with van der Waals surface area (Å²) < 4.78 is 0. The summed E-state index contributed by atoms with van der Waals surface area (Å²) in [5.74, 6) is -1.52. The first-order valence-electron chi connectivity index (χ1n) is 4.43. The Hall–Kier alpha value is -1.14. The molecule has 0 rings (SSSR count). The van der Waals surface area contributed by atoms with Crippen LogP contribution >= 0.6 is 0 Å². The quantitative estimate of drug-likeness (QED) is 0.366. The molecule has 1 unspecified atom stereocenters. The second-order valence-corrected chi connectivity index (χ2v) is 2.93. The van der Waals surface area contributed by atoms with Crippen LogP contribution in [0.5, 0.6) is 0 Å². The molecule has 0 aromatic carbocycles. The van der Waals surface area contributed by atoms with Crippen molar-refractivity contribution in [1.82, 2.24) is 5.32 Å². The van der Waals surface area contributed by atoms with Crippen LogP contribution in [-0.2, 0) is 9.59 Å². The van der Waals surface area contributed by atoms with Crippen molar-refractivity contribution >= 4 is 11.9 Å². The number of rotatable bonds is 8. The Morgan fingerprint density at radius 3 is 2.50 bits per heavy atom. The molecule has 0 aliphatic rings. The van der Waals surface area contributed by atoms with Crippen molar-refractivity contribution in [3.05, 3.63) is 0 Å².